The van der Waals surface area contributed by atoms with Crippen molar-refractivity contribution in [3.63, 3.8) is 0 Å². The van der Waals surface area contributed by atoms with E-state index in [0.29, 0.717) is 21.3 Å². The van der Waals surface area contributed by atoms with Gasteiger partial charge in [0.05, 0.1) is 17.0 Å². The van der Waals surface area contributed by atoms with Crippen molar-refractivity contribution in [1.82, 2.24) is 5.32 Å². The van der Waals surface area contributed by atoms with E-state index >= 15 is 0 Å². The number of amidine groups is 1. The van der Waals surface area contributed by atoms with Crippen molar-refractivity contribution in [2.24, 2.45) is 5.10 Å². The Hall–Kier alpha value is -2.97. The number of non-ortho nitro benzene ring substituents is 1. The Morgan fingerprint density at radius 3 is 2.56 bits per heavy atom. The van der Waals surface area contributed by atoms with E-state index in [-0.39, 0.29) is 29.4 Å². The number of nitro groups is 1. The van der Waals surface area contributed by atoms with Crippen LogP contribution in [0.25, 0.3) is 0 Å². The Morgan fingerprint density at radius 2 is 1.93 bits per heavy atom. The molecule has 138 valence electrons. The average Bonchev–Trinajstić information content (AvgIpc) is 2.99. The van der Waals surface area contributed by atoms with Gasteiger partial charge in [-0.25, -0.2) is 0 Å². The van der Waals surface area contributed by atoms with Gasteiger partial charge >= 0.3 is 0 Å². The second-order valence-electron chi connectivity index (χ2n) is 5.72. The minimum atomic E-state index is -0.605. The predicted molar refractivity (Wildman–Crippen MR) is 101 cm³/mol. The molecule has 0 saturated heterocycles. The summed E-state index contributed by atoms with van der Waals surface area (Å²) in [6, 6.07) is 8.35. The van der Waals surface area contributed by atoms with Crippen LogP contribution in [0.3, 0.4) is 0 Å². The van der Waals surface area contributed by atoms with Crippen molar-refractivity contribution in [2.45, 2.75) is 13.3 Å². The highest BCUT2D eigenvalue weighted by atomic mass is 35.5. The van der Waals surface area contributed by atoms with Gasteiger partial charge in [-0.1, -0.05) is 29.3 Å². The van der Waals surface area contributed by atoms with E-state index in [4.69, 9.17) is 23.2 Å². The van der Waals surface area contributed by atoms with Crippen molar-refractivity contribution in [3.8, 4) is 0 Å². The molecule has 1 heterocycles. The van der Waals surface area contributed by atoms with Crippen LogP contribution < -0.4 is 10.3 Å². The van der Waals surface area contributed by atoms with Crippen molar-refractivity contribution in [2.75, 3.05) is 5.01 Å². The second-order valence-corrected chi connectivity index (χ2v) is 6.54. The molecule has 2 aromatic rings. The largest absolute Gasteiger partial charge is 0.308 e. The van der Waals surface area contributed by atoms with E-state index in [2.05, 4.69) is 10.4 Å². The third-order valence-electron chi connectivity index (χ3n) is 3.86. The van der Waals surface area contributed by atoms with Gasteiger partial charge in [0, 0.05) is 27.7 Å². The number of hydrogen-bond donors (Lipinski definition) is 1. The first-order valence-corrected chi connectivity index (χ1v) is 8.43. The Labute approximate surface area is 163 Å². The van der Waals surface area contributed by atoms with Crippen LogP contribution in [0.2, 0.25) is 10.0 Å². The van der Waals surface area contributed by atoms with Gasteiger partial charge in [-0.15, -0.1) is 0 Å². The van der Waals surface area contributed by atoms with Crippen LogP contribution in [0, 0.1) is 17.0 Å². The van der Waals surface area contributed by atoms with Crippen LogP contribution >= 0.6 is 23.2 Å². The number of rotatable bonds is 3. The number of nitrogens with zero attached hydrogens (tertiary/aromatic N) is 3. The molecule has 1 N–H and O–H groups in total. The molecule has 0 unspecified atom stereocenters. The van der Waals surface area contributed by atoms with E-state index in [0.717, 1.165) is 11.1 Å². The number of amides is 2. The monoisotopic (exact) mass is 406 g/mol. The van der Waals surface area contributed by atoms with Crippen LogP contribution in [-0.4, -0.2) is 22.6 Å². The minimum Gasteiger partial charge on any atom is -0.308 e. The fourth-order valence-electron chi connectivity index (χ4n) is 2.42. The van der Waals surface area contributed by atoms with Gasteiger partial charge in [0.15, 0.2) is 0 Å². The third kappa shape index (κ3) is 3.91. The number of anilines is 1. The van der Waals surface area contributed by atoms with Gasteiger partial charge in [-0.2, -0.15) is 10.1 Å². The summed E-state index contributed by atoms with van der Waals surface area (Å²) in [6.45, 7) is 1.74. The summed E-state index contributed by atoms with van der Waals surface area (Å²) in [5, 5.41) is 19.3. The molecule has 3 rings (SSSR count). The predicted octanol–water partition coefficient (Wildman–Crippen LogP) is 3.69. The van der Waals surface area contributed by atoms with Crippen molar-refractivity contribution in [3.05, 3.63) is 67.7 Å². The number of carbonyl (C=O) groups excluding carboxylic acids is 2. The molecule has 10 heteroatoms. The Balaban J connectivity index is 1.81. The number of carbonyl (C=O) groups is 2. The molecular formula is C17H12Cl2N4O4. The smallest absolute Gasteiger partial charge is 0.270 e. The molecule has 0 fully saturated rings. The fraction of sp³-hybridized carbons (Fsp3) is 0.118. The maximum absolute atomic E-state index is 12.3. The van der Waals surface area contributed by atoms with E-state index in [1.165, 1.54) is 18.2 Å². The van der Waals surface area contributed by atoms with Gasteiger partial charge in [-0.05, 0) is 30.7 Å². The lowest BCUT2D eigenvalue weighted by atomic mass is 10.2. The van der Waals surface area contributed by atoms with Crippen LogP contribution in [0.5, 0.6) is 0 Å². The first-order chi connectivity index (χ1) is 12.8. The summed E-state index contributed by atoms with van der Waals surface area (Å²) < 4.78 is 0. The van der Waals surface area contributed by atoms with E-state index in [1.54, 1.807) is 19.1 Å². The lowest BCUT2D eigenvalue weighted by Gasteiger charge is -2.13. The molecule has 0 saturated carbocycles. The first-order valence-electron chi connectivity index (χ1n) is 7.68. The first kappa shape index (κ1) is 18.8. The third-order valence-corrected chi connectivity index (χ3v) is 4.65. The van der Waals surface area contributed by atoms with Crippen LogP contribution in [0.1, 0.15) is 22.3 Å². The molecule has 2 aromatic carbocycles. The van der Waals surface area contributed by atoms with Gasteiger partial charge in [0.25, 0.3) is 17.5 Å². The summed E-state index contributed by atoms with van der Waals surface area (Å²) >= 11 is 12.2. The zero-order valence-electron chi connectivity index (χ0n) is 13.9. The number of hydrogen-bond acceptors (Lipinski definition) is 5. The zero-order chi connectivity index (χ0) is 19.7. The quantitative estimate of drug-likeness (QED) is 0.619. The Bertz CT molecular complexity index is 983. The number of nitro benzene ring substituents is 1. The van der Waals surface area contributed by atoms with Crippen molar-refractivity contribution in [1.29, 1.82) is 0 Å². The second kappa shape index (κ2) is 7.34. The highest BCUT2D eigenvalue weighted by Crippen LogP contribution is 2.31. The summed E-state index contributed by atoms with van der Waals surface area (Å²) in [6.07, 6.45) is -0.135. The molecule has 8 nitrogen and oxygen atoms in total. The topological polar surface area (TPSA) is 105 Å². The summed E-state index contributed by atoms with van der Waals surface area (Å²) in [5.41, 5.74) is 0.925. The Morgan fingerprint density at radius 1 is 1.26 bits per heavy atom. The number of halogens is 2. The lowest BCUT2D eigenvalue weighted by molar-refractivity contribution is -0.384. The van der Waals surface area contributed by atoms with E-state index < -0.39 is 10.8 Å². The summed E-state index contributed by atoms with van der Waals surface area (Å²) in [4.78, 5) is 34.8. The number of benzene rings is 2. The van der Waals surface area contributed by atoms with Crippen LogP contribution in [-0.2, 0) is 4.79 Å². The maximum atomic E-state index is 12.3. The van der Waals surface area contributed by atoms with Gasteiger partial charge in [0.1, 0.15) is 5.84 Å². The zero-order valence-corrected chi connectivity index (χ0v) is 15.4. The molecule has 1 aliphatic heterocycles. The van der Waals surface area contributed by atoms with Gasteiger partial charge in [-0.3, -0.25) is 19.7 Å². The molecular weight excluding hydrogens is 395 g/mol. The molecule has 0 atom stereocenters. The molecule has 1 aliphatic rings. The average molecular weight is 407 g/mol. The van der Waals surface area contributed by atoms with Crippen molar-refractivity contribution < 1.29 is 14.5 Å². The van der Waals surface area contributed by atoms with E-state index in [1.807, 2.05) is 0 Å². The SMILES string of the molecule is Cc1c(Cl)cc(N2N=C(NC(=O)c3cccc([N+](=O)[O-])c3)CC2=O)cc1Cl. The highest BCUT2D eigenvalue weighted by Gasteiger charge is 2.27. The molecule has 27 heavy (non-hydrogen) atoms. The Kier molecular flexibility index (Phi) is 5.11. The standard InChI is InChI=1S/C17H12Cl2N4O4/c1-9-13(18)6-12(7-14(9)19)22-16(24)8-15(21-22)20-17(25)10-3-2-4-11(5-10)23(26)27/h2-7H,8H2,1H3,(H,20,21,25). The summed E-state index contributed by atoms with van der Waals surface area (Å²) in [7, 11) is 0. The lowest BCUT2D eigenvalue weighted by Crippen LogP contribution is -2.29. The number of nitrogens with one attached hydrogen (secondary N) is 1. The minimum absolute atomic E-state index is 0.0826. The van der Waals surface area contributed by atoms with Gasteiger partial charge < -0.3 is 5.32 Å². The van der Waals surface area contributed by atoms with Crippen LogP contribution in [0.15, 0.2) is 41.5 Å². The fourth-order valence-corrected chi connectivity index (χ4v) is 2.89. The van der Waals surface area contributed by atoms with Gasteiger partial charge in [0.2, 0.25) is 0 Å². The molecule has 0 aliphatic carbocycles. The summed E-state index contributed by atoms with van der Waals surface area (Å²) in [5.74, 6) is -0.864. The molecule has 0 bridgehead atoms. The normalized spacial score (nSPS) is 13.5. The van der Waals surface area contributed by atoms with Crippen molar-refractivity contribution >= 4 is 52.2 Å². The highest BCUT2D eigenvalue weighted by molar-refractivity contribution is 6.36. The van der Waals surface area contributed by atoms with Crippen LogP contribution in [0.4, 0.5) is 11.4 Å². The molecule has 2 amide bonds. The molecule has 0 spiro atoms. The maximum Gasteiger partial charge on any atom is 0.270 e. The molecule has 0 radical (unpaired) electrons. The molecule has 0 aromatic heterocycles. The number of hydrazone groups is 1. The van der Waals surface area contributed by atoms with E-state index in [9.17, 15) is 19.7 Å².